The number of aryl methyl sites for hydroxylation is 1. The van der Waals surface area contributed by atoms with E-state index in [1.54, 1.807) is 6.20 Å². The molecule has 3 rings (SSSR count). The molecule has 31 heavy (non-hydrogen) atoms. The summed E-state index contributed by atoms with van der Waals surface area (Å²) >= 11 is 8.88. The Bertz CT molecular complexity index is 886. The second kappa shape index (κ2) is 13.1. The third kappa shape index (κ3) is 8.67. The zero-order valence-corrected chi connectivity index (χ0v) is 20.0. The van der Waals surface area contributed by atoms with Gasteiger partial charge < -0.3 is 20.5 Å². The fourth-order valence-electron chi connectivity index (χ4n) is 3.21. The summed E-state index contributed by atoms with van der Waals surface area (Å²) in [6.45, 7) is 3.48. The lowest BCUT2D eigenvalue weighted by Gasteiger charge is -2.24. The fourth-order valence-corrected chi connectivity index (χ4v) is 3.68. The van der Waals surface area contributed by atoms with Gasteiger partial charge in [0, 0.05) is 55.7 Å². The number of rotatable bonds is 12. The Labute approximate surface area is 198 Å². The molecule has 3 N–H and O–H groups in total. The highest BCUT2D eigenvalue weighted by molar-refractivity contribution is 9.10. The molecule has 0 aliphatic heterocycles. The number of anilines is 1. The molecule has 8 heteroatoms. The van der Waals surface area contributed by atoms with Gasteiger partial charge in [0.05, 0.1) is 0 Å². The van der Waals surface area contributed by atoms with Crippen LogP contribution in [-0.4, -0.2) is 39.7 Å². The molecule has 0 bridgehead atoms. The Balaban J connectivity index is 1.35. The lowest BCUT2D eigenvalue weighted by molar-refractivity contribution is 0.660. The van der Waals surface area contributed by atoms with Crippen LogP contribution in [0, 0.1) is 0 Å². The molecule has 6 nitrogen and oxygen atoms in total. The number of aromatic nitrogens is 3. The van der Waals surface area contributed by atoms with Crippen molar-refractivity contribution in [2.45, 2.75) is 32.2 Å². The van der Waals surface area contributed by atoms with Crippen molar-refractivity contribution in [3.63, 3.8) is 0 Å². The maximum Gasteiger partial charge on any atom is 0.166 e. The largest absolute Gasteiger partial charge is 0.363 e. The predicted molar refractivity (Wildman–Crippen MR) is 134 cm³/mol. The van der Waals surface area contributed by atoms with Crippen LogP contribution < -0.4 is 15.5 Å². The molecule has 0 saturated heterocycles. The number of unbranched alkanes of at least 4 members (excludes halogenated alkanes) is 1. The average molecular weight is 501 g/mol. The number of benzene rings is 1. The lowest BCUT2D eigenvalue weighted by Crippen LogP contribution is -2.36. The number of H-pyrrole nitrogens is 1. The molecule has 0 radical (unpaired) electrons. The standard InChI is InChI=1S/C23H29BrN6S/c24-20-10-8-19(9-11-20)18-30(22-7-1-2-12-27-22)17-4-3-13-28-23(31)29-14-5-6-21-25-15-16-26-21/h1-2,7-12,15-16H,3-6,13-14,17-18H2,(H,25,26)(H2,28,29,31). The highest BCUT2D eigenvalue weighted by Crippen LogP contribution is 2.17. The molecule has 0 saturated carbocycles. The van der Waals surface area contributed by atoms with E-state index in [1.165, 1.54) is 5.56 Å². The van der Waals surface area contributed by atoms with Crippen molar-refractivity contribution < 1.29 is 0 Å². The molecular formula is C23H29BrN6S. The number of halogens is 1. The van der Waals surface area contributed by atoms with E-state index in [1.807, 2.05) is 24.5 Å². The molecule has 2 heterocycles. The van der Waals surface area contributed by atoms with E-state index in [0.717, 1.165) is 73.1 Å². The Kier molecular flexibility index (Phi) is 9.79. The molecular weight excluding hydrogens is 472 g/mol. The smallest absolute Gasteiger partial charge is 0.166 e. The van der Waals surface area contributed by atoms with Crippen LogP contribution >= 0.6 is 28.1 Å². The number of nitrogens with one attached hydrogen (secondary N) is 3. The van der Waals surface area contributed by atoms with Crippen LogP contribution in [0.15, 0.2) is 65.5 Å². The Morgan fingerprint density at radius 2 is 1.77 bits per heavy atom. The molecule has 0 fully saturated rings. The van der Waals surface area contributed by atoms with Gasteiger partial charge in [-0.2, -0.15) is 0 Å². The first-order valence-corrected chi connectivity index (χ1v) is 11.8. The number of imidazole rings is 1. The zero-order chi connectivity index (χ0) is 21.7. The highest BCUT2D eigenvalue weighted by Gasteiger charge is 2.08. The van der Waals surface area contributed by atoms with Gasteiger partial charge in [-0.15, -0.1) is 0 Å². The van der Waals surface area contributed by atoms with E-state index in [9.17, 15) is 0 Å². The van der Waals surface area contributed by atoms with Gasteiger partial charge in [-0.3, -0.25) is 0 Å². The summed E-state index contributed by atoms with van der Waals surface area (Å²) in [5.74, 6) is 2.02. The van der Waals surface area contributed by atoms with Crippen LogP contribution in [-0.2, 0) is 13.0 Å². The van der Waals surface area contributed by atoms with Crippen molar-refractivity contribution in [1.82, 2.24) is 25.6 Å². The summed E-state index contributed by atoms with van der Waals surface area (Å²) < 4.78 is 1.09. The topological polar surface area (TPSA) is 68.9 Å². The van der Waals surface area contributed by atoms with Crippen LogP contribution in [0.25, 0.3) is 0 Å². The first kappa shape index (κ1) is 23.2. The van der Waals surface area contributed by atoms with E-state index in [0.29, 0.717) is 0 Å². The zero-order valence-electron chi connectivity index (χ0n) is 17.6. The van der Waals surface area contributed by atoms with E-state index >= 15 is 0 Å². The molecule has 164 valence electrons. The summed E-state index contributed by atoms with van der Waals surface area (Å²) in [5.41, 5.74) is 1.27. The number of aromatic amines is 1. The van der Waals surface area contributed by atoms with Gasteiger partial charge in [0.1, 0.15) is 11.6 Å². The third-order valence-corrected chi connectivity index (χ3v) is 5.65. The Morgan fingerprint density at radius 3 is 2.48 bits per heavy atom. The maximum absolute atomic E-state index is 5.37. The second-order valence-electron chi connectivity index (χ2n) is 7.27. The molecule has 0 aliphatic rings. The van der Waals surface area contributed by atoms with Crippen molar-refractivity contribution in [2.75, 3.05) is 24.5 Å². The van der Waals surface area contributed by atoms with Crippen molar-refractivity contribution in [3.8, 4) is 0 Å². The second-order valence-corrected chi connectivity index (χ2v) is 8.59. The summed E-state index contributed by atoms with van der Waals surface area (Å²) in [7, 11) is 0. The van der Waals surface area contributed by atoms with Crippen LogP contribution in [0.3, 0.4) is 0 Å². The van der Waals surface area contributed by atoms with E-state index in [4.69, 9.17) is 12.2 Å². The summed E-state index contributed by atoms with van der Waals surface area (Å²) in [6.07, 6.45) is 9.49. The number of nitrogens with zero attached hydrogens (tertiary/aromatic N) is 3. The van der Waals surface area contributed by atoms with Gasteiger partial charge in [-0.1, -0.05) is 34.1 Å². The van der Waals surface area contributed by atoms with Gasteiger partial charge in [0.15, 0.2) is 5.11 Å². The first-order chi connectivity index (χ1) is 15.2. The molecule has 1 aromatic carbocycles. The van der Waals surface area contributed by atoms with Gasteiger partial charge in [0.2, 0.25) is 0 Å². The van der Waals surface area contributed by atoms with Crippen molar-refractivity contribution in [2.24, 2.45) is 0 Å². The average Bonchev–Trinajstić information content (AvgIpc) is 3.31. The molecule has 0 spiro atoms. The SMILES string of the molecule is S=C(NCCCCN(Cc1ccc(Br)cc1)c1ccccn1)NCCCc1ncc[nH]1. The van der Waals surface area contributed by atoms with Gasteiger partial charge in [-0.25, -0.2) is 9.97 Å². The quantitative estimate of drug-likeness (QED) is 0.252. The summed E-state index contributed by atoms with van der Waals surface area (Å²) in [6, 6.07) is 14.5. The van der Waals surface area contributed by atoms with Crippen molar-refractivity contribution in [3.05, 3.63) is 76.9 Å². The molecule has 0 amide bonds. The number of hydrogen-bond acceptors (Lipinski definition) is 4. The lowest BCUT2D eigenvalue weighted by atomic mass is 10.2. The molecule has 2 aromatic heterocycles. The van der Waals surface area contributed by atoms with Crippen molar-refractivity contribution in [1.29, 1.82) is 0 Å². The third-order valence-electron chi connectivity index (χ3n) is 4.83. The Morgan fingerprint density at radius 1 is 0.968 bits per heavy atom. The van der Waals surface area contributed by atoms with Gasteiger partial charge >= 0.3 is 0 Å². The monoisotopic (exact) mass is 500 g/mol. The fraction of sp³-hybridized carbons (Fsp3) is 0.348. The summed E-state index contributed by atoms with van der Waals surface area (Å²) in [5, 5.41) is 7.28. The molecule has 3 aromatic rings. The van der Waals surface area contributed by atoms with Crippen LogP contribution in [0.5, 0.6) is 0 Å². The normalized spacial score (nSPS) is 10.6. The number of pyridine rings is 1. The van der Waals surface area contributed by atoms with Gasteiger partial charge in [-0.05, 0) is 61.3 Å². The Hall–Kier alpha value is -2.45. The van der Waals surface area contributed by atoms with Gasteiger partial charge in [0.25, 0.3) is 0 Å². The first-order valence-electron chi connectivity index (χ1n) is 10.6. The molecule has 0 atom stereocenters. The summed E-state index contributed by atoms with van der Waals surface area (Å²) in [4.78, 5) is 14.2. The molecule has 0 unspecified atom stereocenters. The van der Waals surface area contributed by atoms with Crippen LogP contribution in [0.4, 0.5) is 5.82 Å². The van der Waals surface area contributed by atoms with E-state index in [2.05, 4.69) is 76.7 Å². The minimum atomic E-state index is 0.718. The molecule has 0 aliphatic carbocycles. The number of hydrogen-bond donors (Lipinski definition) is 3. The minimum absolute atomic E-state index is 0.718. The maximum atomic E-state index is 5.37. The van der Waals surface area contributed by atoms with Crippen molar-refractivity contribution >= 4 is 39.1 Å². The van der Waals surface area contributed by atoms with Crippen LogP contribution in [0.2, 0.25) is 0 Å². The minimum Gasteiger partial charge on any atom is -0.363 e. The van der Waals surface area contributed by atoms with E-state index in [-0.39, 0.29) is 0 Å². The van der Waals surface area contributed by atoms with Crippen LogP contribution in [0.1, 0.15) is 30.7 Å². The predicted octanol–water partition coefficient (Wildman–Crippen LogP) is 4.45. The number of thiocarbonyl (C=S) groups is 1. The highest BCUT2D eigenvalue weighted by atomic mass is 79.9. The van der Waals surface area contributed by atoms with E-state index < -0.39 is 0 Å².